The van der Waals surface area contributed by atoms with Gasteiger partial charge in [0.1, 0.15) is 0 Å². The van der Waals surface area contributed by atoms with Crippen LogP contribution in [0.1, 0.15) is 13.8 Å². The van der Waals surface area contributed by atoms with E-state index >= 15 is 0 Å². The van der Waals surface area contributed by atoms with E-state index < -0.39 is 0 Å². The van der Waals surface area contributed by atoms with E-state index in [1.54, 1.807) is 44.2 Å². The van der Waals surface area contributed by atoms with Gasteiger partial charge in [-0.25, -0.2) is 0 Å². The van der Waals surface area contributed by atoms with E-state index in [2.05, 4.69) is 20.8 Å². The number of halogens is 2. The third kappa shape index (κ3) is 4.06. The van der Waals surface area contributed by atoms with Crippen LogP contribution in [-0.4, -0.2) is 16.1 Å². The highest BCUT2D eigenvalue weighted by atomic mass is 35.5. The van der Waals surface area contributed by atoms with Crippen molar-refractivity contribution in [2.45, 2.75) is 13.8 Å². The summed E-state index contributed by atoms with van der Waals surface area (Å²) in [6, 6.07) is 8.62. The van der Waals surface area contributed by atoms with Gasteiger partial charge < -0.3 is 10.6 Å². The molecule has 5 nitrogen and oxygen atoms in total. The molecule has 0 bridgehead atoms. The van der Waals surface area contributed by atoms with Crippen LogP contribution in [0.2, 0.25) is 10.0 Å². The maximum atomic E-state index is 11.5. The summed E-state index contributed by atoms with van der Waals surface area (Å²) < 4.78 is 0. The van der Waals surface area contributed by atoms with Crippen molar-refractivity contribution in [3.8, 4) is 0 Å². The van der Waals surface area contributed by atoms with Gasteiger partial charge in [-0.2, -0.15) is 0 Å². The summed E-state index contributed by atoms with van der Waals surface area (Å²) in [5, 5.41) is 14.5. The van der Waals surface area contributed by atoms with Crippen molar-refractivity contribution in [1.82, 2.24) is 10.2 Å². The van der Waals surface area contributed by atoms with E-state index in [4.69, 9.17) is 23.2 Å². The Labute approximate surface area is 132 Å². The van der Waals surface area contributed by atoms with E-state index in [1.807, 2.05) is 0 Å². The standard InChI is InChI=1S/C14H14Cl2N4O/c1-8(2)14(21)18-12-7-6-11(19-20-12)17-10-5-3-4-9(15)13(10)16/h3-8H,1-2H3,(H,17,19)(H,18,20,21). The fourth-order valence-electron chi connectivity index (χ4n) is 1.47. The molecule has 0 radical (unpaired) electrons. The highest BCUT2D eigenvalue weighted by molar-refractivity contribution is 6.43. The molecule has 0 aliphatic rings. The molecule has 0 saturated heterocycles. The van der Waals surface area contributed by atoms with E-state index in [9.17, 15) is 4.79 Å². The molecule has 0 aliphatic heterocycles. The number of amides is 1. The lowest BCUT2D eigenvalue weighted by Gasteiger charge is -2.09. The van der Waals surface area contributed by atoms with Crippen molar-refractivity contribution in [1.29, 1.82) is 0 Å². The maximum Gasteiger partial charge on any atom is 0.228 e. The van der Waals surface area contributed by atoms with Crippen LogP contribution in [0.15, 0.2) is 30.3 Å². The first-order valence-electron chi connectivity index (χ1n) is 6.33. The molecule has 0 spiro atoms. The lowest BCUT2D eigenvalue weighted by atomic mass is 10.2. The van der Waals surface area contributed by atoms with Gasteiger partial charge in [0.2, 0.25) is 5.91 Å². The van der Waals surface area contributed by atoms with Crippen LogP contribution in [-0.2, 0) is 4.79 Å². The van der Waals surface area contributed by atoms with Gasteiger partial charge in [-0.1, -0.05) is 43.1 Å². The first kappa shape index (κ1) is 15.5. The molecule has 0 saturated carbocycles. The van der Waals surface area contributed by atoms with Gasteiger partial charge in [0, 0.05) is 5.92 Å². The smallest absolute Gasteiger partial charge is 0.228 e. The third-order valence-corrected chi connectivity index (χ3v) is 3.47. The predicted molar refractivity (Wildman–Crippen MR) is 85.2 cm³/mol. The fourth-order valence-corrected chi connectivity index (χ4v) is 1.82. The molecule has 7 heteroatoms. The molecule has 1 aromatic heterocycles. The van der Waals surface area contributed by atoms with E-state index in [1.165, 1.54) is 0 Å². The molecule has 110 valence electrons. The molecule has 0 unspecified atom stereocenters. The predicted octanol–water partition coefficient (Wildman–Crippen LogP) is 4.12. The van der Waals surface area contributed by atoms with E-state index in [0.29, 0.717) is 27.4 Å². The number of rotatable bonds is 4. The van der Waals surface area contributed by atoms with Gasteiger partial charge in [0.15, 0.2) is 11.6 Å². The SMILES string of the molecule is CC(C)C(=O)Nc1ccc(Nc2cccc(Cl)c2Cl)nn1. The Hall–Kier alpha value is -1.85. The quantitative estimate of drug-likeness (QED) is 0.887. The topological polar surface area (TPSA) is 66.9 Å². The molecule has 0 fully saturated rings. The van der Waals surface area contributed by atoms with Gasteiger partial charge in [0.25, 0.3) is 0 Å². The molecule has 1 heterocycles. The summed E-state index contributed by atoms with van der Waals surface area (Å²) in [4.78, 5) is 11.5. The summed E-state index contributed by atoms with van der Waals surface area (Å²) in [5.74, 6) is 0.677. The van der Waals surface area contributed by atoms with Gasteiger partial charge >= 0.3 is 0 Å². The van der Waals surface area contributed by atoms with Crippen molar-refractivity contribution in [2.24, 2.45) is 5.92 Å². The average molecular weight is 325 g/mol. The van der Waals surface area contributed by atoms with Crippen molar-refractivity contribution < 1.29 is 4.79 Å². The molecule has 21 heavy (non-hydrogen) atoms. The number of carbonyl (C=O) groups is 1. The summed E-state index contributed by atoms with van der Waals surface area (Å²) >= 11 is 12.0. The summed E-state index contributed by atoms with van der Waals surface area (Å²) in [6.45, 7) is 3.61. The summed E-state index contributed by atoms with van der Waals surface area (Å²) in [7, 11) is 0. The zero-order valence-electron chi connectivity index (χ0n) is 11.5. The largest absolute Gasteiger partial charge is 0.337 e. The number of hydrogen-bond acceptors (Lipinski definition) is 4. The number of hydrogen-bond donors (Lipinski definition) is 2. The Morgan fingerprint density at radius 3 is 2.38 bits per heavy atom. The first-order valence-corrected chi connectivity index (χ1v) is 7.08. The zero-order chi connectivity index (χ0) is 15.4. The van der Waals surface area contributed by atoms with Crippen molar-refractivity contribution in [3.05, 3.63) is 40.4 Å². The average Bonchev–Trinajstić information content (AvgIpc) is 2.46. The lowest BCUT2D eigenvalue weighted by molar-refractivity contribution is -0.118. The van der Waals surface area contributed by atoms with Gasteiger partial charge in [-0.05, 0) is 24.3 Å². The highest BCUT2D eigenvalue weighted by Crippen LogP contribution is 2.31. The van der Waals surface area contributed by atoms with Crippen LogP contribution in [0.5, 0.6) is 0 Å². The fraction of sp³-hybridized carbons (Fsp3) is 0.214. The molecule has 1 aromatic carbocycles. The van der Waals surface area contributed by atoms with Crippen LogP contribution in [0.3, 0.4) is 0 Å². The number of nitrogens with one attached hydrogen (secondary N) is 2. The summed E-state index contributed by atoms with van der Waals surface area (Å²) in [6.07, 6.45) is 0. The molecule has 2 rings (SSSR count). The molecular formula is C14H14Cl2N4O. The molecular weight excluding hydrogens is 311 g/mol. The number of carbonyl (C=O) groups excluding carboxylic acids is 1. The minimum atomic E-state index is -0.116. The van der Waals surface area contributed by atoms with E-state index in [-0.39, 0.29) is 11.8 Å². The van der Waals surface area contributed by atoms with Crippen molar-refractivity contribution >= 4 is 46.4 Å². The maximum absolute atomic E-state index is 11.5. The Kier molecular flexibility index (Phi) is 4.98. The van der Waals surface area contributed by atoms with E-state index in [0.717, 1.165) is 0 Å². The minimum Gasteiger partial charge on any atom is -0.337 e. The van der Waals surface area contributed by atoms with Gasteiger partial charge in [0.05, 0.1) is 15.7 Å². The lowest BCUT2D eigenvalue weighted by Crippen LogP contribution is -2.18. The number of anilines is 3. The molecule has 0 aliphatic carbocycles. The molecule has 1 amide bonds. The molecule has 0 atom stereocenters. The number of nitrogens with zero attached hydrogens (tertiary/aromatic N) is 2. The zero-order valence-corrected chi connectivity index (χ0v) is 13.0. The summed E-state index contributed by atoms with van der Waals surface area (Å²) in [5.41, 5.74) is 0.637. The monoisotopic (exact) mass is 324 g/mol. The second-order valence-corrected chi connectivity index (χ2v) is 5.46. The van der Waals surface area contributed by atoms with Gasteiger partial charge in [-0.3, -0.25) is 4.79 Å². The third-order valence-electron chi connectivity index (χ3n) is 2.65. The Balaban J connectivity index is 2.09. The second-order valence-electron chi connectivity index (χ2n) is 4.67. The molecule has 2 aromatic rings. The first-order chi connectivity index (χ1) is 9.97. The highest BCUT2D eigenvalue weighted by Gasteiger charge is 2.09. The Morgan fingerprint density at radius 2 is 1.76 bits per heavy atom. The second kappa shape index (κ2) is 6.74. The van der Waals surface area contributed by atoms with Crippen LogP contribution < -0.4 is 10.6 Å². The Bertz CT molecular complexity index is 644. The van der Waals surface area contributed by atoms with Crippen LogP contribution >= 0.6 is 23.2 Å². The van der Waals surface area contributed by atoms with Crippen LogP contribution in [0.4, 0.5) is 17.3 Å². The van der Waals surface area contributed by atoms with Crippen molar-refractivity contribution in [2.75, 3.05) is 10.6 Å². The number of aromatic nitrogens is 2. The van der Waals surface area contributed by atoms with Crippen LogP contribution in [0, 0.1) is 5.92 Å². The number of benzene rings is 1. The van der Waals surface area contributed by atoms with Crippen LogP contribution in [0.25, 0.3) is 0 Å². The molecule has 2 N–H and O–H groups in total. The minimum absolute atomic E-state index is 0.108. The van der Waals surface area contributed by atoms with Gasteiger partial charge in [-0.15, -0.1) is 10.2 Å². The Morgan fingerprint density at radius 1 is 1.10 bits per heavy atom. The normalized spacial score (nSPS) is 10.5. The van der Waals surface area contributed by atoms with Crippen molar-refractivity contribution in [3.63, 3.8) is 0 Å².